The lowest BCUT2D eigenvalue weighted by molar-refractivity contribution is -0.122. The van der Waals surface area contributed by atoms with Crippen LogP contribution in [0, 0.1) is 0 Å². The van der Waals surface area contributed by atoms with Crippen molar-refractivity contribution < 1.29 is 9.53 Å². The highest BCUT2D eigenvalue weighted by atomic mass is 16.5. The number of carbonyl (C=O) groups is 1. The highest BCUT2D eigenvalue weighted by Gasteiger charge is 2.21. The van der Waals surface area contributed by atoms with Crippen LogP contribution in [0.5, 0.6) is 0 Å². The van der Waals surface area contributed by atoms with E-state index in [4.69, 9.17) is 4.74 Å². The average molecular weight is 389 g/mol. The number of benzene rings is 3. The summed E-state index contributed by atoms with van der Waals surface area (Å²) in [5, 5.41) is 5.51. The van der Waals surface area contributed by atoms with Crippen molar-refractivity contribution in [2.45, 2.75) is 25.5 Å². The van der Waals surface area contributed by atoms with Crippen molar-refractivity contribution in [3.05, 3.63) is 83.9 Å². The third-order valence-corrected chi connectivity index (χ3v) is 5.45. The van der Waals surface area contributed by atoms with E-state index in [1.165, 1.54) is 21.9 Å². The van der Waals surface area contributed by atoms with E-state index in [1.807, 2.05) is 18.2 Å². The number of carbonyl (C=O) groups excluding carboxylic acids is 1. The molecule has 1 N–H and O–H groups in total. The van der Waals surface area contributed by atoms with Gasteiger partial charge in [-0.2, -0.15) is 0 Å². The van der Waals surface area contributed by atoms with Crippen LogP contribution in [0.2, 0.25) is 0 Å². The van der Waals surface area contributed by atoms with Crippen LogP contribution in [0.3, 0.4) is 0 Å². The SMILES string of the molecule is O=C(CCc1ccc2ccccc2c1)NC[C@@H]1CN(Cc2ccccc2)CCO1. The smallest absolute Gasteiger partial charge is 0.220 e. The zero-order valence-corrected chi connectivity index (χ0v) is 16.7. The number of morpholine rings is 1. The molecule has 0 saturated carbocycles. The first-order valence-electron chi connectivity index (χ1n) is 10.4. The summed E-state index contributed by atoms with van der Waals surface area (Å²) in [6.07, 6.45) is 1.30. The van der Waals surface area contributed by atoms with Crippen LogP contribution >= 0.6 is 0 Å². The minimum absolute atomic E-state index is 0.0529. The number of nitrogens with zero attached hydrogens (tertiary/aromatic N) is 1. The fourth-order valence-electron chi connectivity index (χ4n) is 3.86. The van der Waals surface area contributed by atoms with Crippen LogP contribution in [-0.4, -0.2) is 43.2 Å². The number of hydrogen-bond donors (Lipinski definition) is 1. The Morgan fingerprint density at radius 2 is 1.76 bits per heavy atom. The topological polar surface area (TPSA) is 41.6 Å². The zero-order chi connectivity index (χ0) is 19.9. The van der Waals surface area contributed by atoms with Gasteiger partial charge in [-0.25, -0.2) is 0 Å². The molecule has 1 aliphatic heterocycles. The van der Waals surface area contributed by atoms with Crippen LogP contribution in [0.15, 0.2) is 72.8 Å². The minimum Gasteiger partial charge on any atom is -0.374 e. The molecule has 1 saturated heterocycles. The quantitative estimate of drug-likeness (QED) is 0.670. The van der Waals surface area contributed by atoms with Crippen LogP contribution < -0.4 is 5.32 Å². The Bertz CT molecular complexity index is 942. The van der Waals surface area contributed by atoms with Crippen molar-refractivity contribution in [1.82, 2.24) is 10.2 Å². The predicted molar refractivity (Wildman–Crippen MR) is 117 cm³/mol. The fraction of sp³-hybridized carbons (Fsp3) is 0.320. The van der Waals surface area contributed by atoms with E-state index in [0.29, 0.717) is 19.6 Å². The largest absolute Gasteiger partial charge is 0.374 e. The van der Waals surface area contributed by atoms with Gasteiger partial charge in [-0.1, -0.05) is 72.8 Å². The number of hydrogen-bond acceptors (Lipinski definition) is 3. The Balaban J connectivity index is 1.21. The molecule has 4 heteroatoms. The van der Waals surface area contributed by atoms with Crippen molar-refractivity contribution in [3.63, 3.8) is 0 Å². The van der Waals surface area contributed by atoms with Crippen LogP contribution in [0.1, 0.15) is 17.5 Å². The van der Waals surface area contributed by atoms with Crippen molar-refractivity contribution in [2.75, 3.05) is 26.2 Å². The second-order valence-electron chi connectivity index (χ2n) is 7.70. The Kier molecular flexibility index (Phi) is 6.55. The summed E-state index contributed by atoms with van der Waals surface area (Å²) in [7, 11) is 0. The van der Waals surface area contributed by atoms with Gasteiger partial charge in [0.2, 0.25) is 5.91 Å². The van der Waals surface area contributed by atoms with E-state index >= 15 is 0 Å². The van der Waals surface area contributed by atoms with E-state index in [-0.39, 0.29) is 12.0 Å². The molecular weight excluding hydrogens is 360 g/mol. The molecule has 1 aliphatic rings. The Morgan fingerprint density at radius 3 is 2.62 bits per heavy atom. The first-order chi connectivity index (χ1) is 14.3. The monoisotopic (exact) mass is 388 g/mol. The molecule has 0 aromatic heterocycles. The second-order valence-corrected chi connectivity index (χ2v) is 7.70. The number of fused-ring (bicyclic) bond motifs is 1. The molecule has 1 heterocycles. The number of ether oxygens (including phenoxy) is 1. The number of amides is 1. The van der Waals surface area contributed by atoms with Gasteiger partial charge in [0.05, 0.1) is 12.7 Å². The van der Waals surface area contributed by atoms with Crippen LogP contribution in [0.25, 0.3) is 10.8 Å². The molecule has 1 fully saturated rings. The molecule has 0 aliphatic carbocycles. The summed E-state index contributed by atoms with van der Waals surface area (Å²) in [5.41, 5.74) is 2.51. The lowest BCUT2D eigenvalue weighted by atomic mass is 10.0. The molecule has 29 heavy (non-hydrogen) atoms. The van der Waals surface area contributed by atoms with Gasteiger partial charge in [0.15, 0.2) is 0 Å². The minimum atomic E-state index is 0.0529. The summed E-state index contributed by atoms with van der Waals surface area (Å²) in [4.78, 5) is 14.7. The van der Waals surface area contributed by atoms with Gasteiger partial charge in [0.1, 0.15) is 0 Å². The highest BCUT2D eigenvalue weighted by molar-refractivity contribution is 5.83. The Hall–Kier alpha value is -2.69. The summed E-state index contributed by atoms with van der Waals surface area (Å²) in [6.45, 7) is 3.99. The first kappa shape index (κ1) is 19.6. The van der Waals surface area contributed by atoms with Crippen molar-refractivity contribution in [1.29, 1.82) is 0 Å². The molecule has 1 amide bonds. The van der Waals surface area contributed by atoms with E-state index < -0.39 is 0 Å². The Morgan fingerprint density at radius 1 is 0.966 bits per heavy atom. The van der Waals surface area contributed by atoms with Gasteiger partial charge in [-0.3, -0.25) is 9.69 Å². The van der Waals surface area contributed by atoms with E-state index in [9.17, 15) is 4.79 Å². The normalized spacial score (nSPS) is 17.3. The van der Waals surface area contributed by atoms with Crippen LogP contribution in [-0.2, 0) is 22.5 Å². The van der Waals surface area contributed by atoms with Gasteiger partial charge in [-0.05, 0) is 28.3 Å². The molecule has 3 aromatic rings. The molecule has 0 unspecified atom stereocenters. The van der Waals surface area contributed by atoms with Gasteiger partial charge < -0.3 is 10.1 Å². The van der Waals surface area contributed by atoms with Crippen molar-refractivity contribution in [3.8, 4) is 0 Å². The average Bonchev–Trinajstić information content (AvgIpc) is 2.77. The fourth-order valence-corrected chi connectivity index (χ4v) is 3.86. The highest BCUT2D eigenvalue weighted by Crippen LogP contribution is 2.16. The van der Waals surface area contributed by atoms with Gasteiger partial charge in [0.25, 0.3) is 0 Å². The molecule has 3 aromatic carbocycles. The van der Waals surface area contributed by atoms with Gasteiger partial charge in [-0.15, -0.1) is 0 Å². The number of nitrogens with one attached hydrogen (secondary N) is 1. The first-order valence-corrected chi connectivity index (χ1v) is 10.4. The van der Waals surface area contributed by atoms with Crippen molar-refractivity contribution >= 4 is 16.7 Å². The van der Waals surface area contributed by atoms with E-state index in [2.05, 4.69) is 64.8 Å². The lowest BCUT2D eigenvalue weighted by Gasteiger charge is -2.33. The summed E-state index contributed by atoms with van der Waals surface area (Å²) in [6, 6.07) is 25.2. The predicted octanol–water partition coefficient (Wildman–Crippen LogP) is 3.79. The standard InChI is InChI=1S/C25H28N2O2/c28-25(13-11-20-10-12-22-8-4-5-9-23(22)16-20)26-17-24-19-27(14-15-29-24)18-21-6-2-1-3-7-21/h1-10,12,16,24H,11,13-15,17-19H2,(H,26,28)/t24-/m1/s1. The van der Waals surface area contributed by atoms with Gasteiger partial charge >= 0.3 is 0 Å². The molecule has 0 bridgehead atoms. The maximum absolute atomic E-state index is 12.3. The Labute approximate surface area is 172 Å². The third kappa shape index (κ3) is 5.66. The zero-order valence-electron chi connectivity index (χ0n) is 16.7. The summed E-state index contributed by atoms with van der Waals surface area (Å²) in [5.74, 6) is 0.0851. The molecule has 150 valence electrons. The summed E-state index contributed by atoms with van der Waals surface area (Å²) < 4.78 is 5.85. The van der Waals surface area contributed by atoms with E-state index in [1.54, 1.807) is 0 Å². The number of aryl methyl sites for hydroxylation is 1. The second kappa shape index (κ2) is 9.68. The van der Waals surface area contributed by atoms with Crippen LogP contribution in [0.4, 0.5) is 0 Å². The van der Waals surface area contributed by atoms with Crippen molar-refractivity contribution in [2.24, 2.45) is 0 Å². The maximum atomic E-state index is 12.3. The lowest BCUT2D eigenvalue weighted by Crippen LogP contribution is -2.47. The molecule has 4 nitrogen and oxygen atoms in total. The summed E-state index contributed by atoms with van der Waals surface area (Å²) >= 11 is 0. The molecule has 0 radical (unpaired) electrons. The van der Waals surface area contributed by atoms with E-state index in [0.717, 1.165) is 26.1 Å². The molecule has 0 spiro atoms. The molecule has 1 atom stereocenters. The number of rotatable bonds is 7. The van der Waals surface area contributed by atoms with Gasteiger partial charge in [0, 0.05) is 32.6 Å². The third-order valence-electron chi connectivity index (χ3n) is 5.45. The molecule has 4 rings (SSSR count). The maximum Gasteiger partial charge on any atom is 0.220 e. The molecular formula is C25H28N2O2.